The minimum absolute atomic E-state index is 0.115. The molecular formula is C11H8ClF2NS. The summed E-state index contributed by atoms with van der Waals surface area (Å²) < 4.78 is 26.5. The number of rotatable bonds is 2. The van der Waals surface area contributed by atoms with Gasteiger partial charge in [-0.3, -0.25) is 0 Å². The van der Waals surface area contributed by atoms with Crippen LogP contribution in [0.3, 0.4) is 0 Å². The van der Waals surface area contributed by atoms with Crippen molar-refractivity contribution in [3.8, 4) is 0 Å². The Morgan fingerprint density at radius 3 is 2.62 bits per heavy atom. The first kappa shape index (κ1) is 11.5. The van der Waals surface area contributed by atoms with Gasteiger partial charge in [0.15, 0.2) is 11.6 Å². The van der Waals surface area contributed by atoms with Crippen LogP contribution in [0.5, 0.6) is 0 Å². The van der Waals surface area contributed by atoms with E-state index < -0.39 is 17.7 Å². The zero-order chi connectivity index (χ0) is 11.7. The van der Waals surface area contributed by atoms with Gasteiger partial charge in [-0.05, 0) is 17.5 Å². The highest BCUT2D eigenvalue weighted by atomic mass is 35.5. The molecule has 84 valence electrons. The monoisotopic (exact) mass is 259 g/mol. The molecule has 5 heteroatoms. The molecule has 0 bridgehead atoms. The summed E-state index contributed by atoms with van der Waals surface area (Å²) in [6.07, 6.45) is 0. The molecule has 0 amide bonds. The van der Waals surface area contributed by atoms with Crippen LogP contribution in [-0.2, 0) is 0 Å². The van der Waals surface area contributed by atoms with Crippen LogP contribution in [-0.4, -0.2) is 0 Å². The Bertz CT molecular complexity index is 512. The topological polar surface area (TPSA) is 26.0 Å². The molecule has 0 radical (unpaired) electrons. The molecule has 0 saturated carbocycles. The normalized spacial score (nSPS) is 12.8. The van der Waals surface area contributed by atoms with Gasteiger partial charge in [-0.25, -0.2) is 8.78 Å². The summed E-state index contributed by atoms with van der Waals surface area (Å²) in [4.78, 5) is 0.631. The quantitative estimate of drug-likeness (QED) is 0.874. The molecule has 1 heterocycles. The Morgan fingerprint density at radius 1 is 1.25 bits per heavy atom. The zero-order valence-corrected chi connectivity index (χ0v) is 9.66. The Balaban J connectivity index is 2.46. The number of hydrogen-bond donors (Lipinski definition) is 1. The fourth-order valence-electron chi connectivity index (χ4n) is 1.43. The van der Waals surface area contributed by atoms with E-state index in [1.54, 1.807) is 11.4 Å². The van der Waals surface area contributed by atoms with E-state index in [0.29, 0.717) is 9.90 Å². The smallest absolute Gasteiger partial charge is 0.163 e. The van der Waals surface area contributed by atoms with Gasteiger partial charge in [-0.1, -0.05) is 23.7 Å². The van der Waals surface area contributed by atoms with Gasteiger partial charge in [-0.15, -0.1) is 11.3 Å². The number of halogens is 3. The largest absolute Gasteiger partial charge is 0.319 e. The van der Waals surface area contributed by atoms with Crippen molar-refractivity contribution in [3.05, 3.63) is 56.7 Å². The van der Waals surface area contributed by atoms with Crippen LogP contribution < -0.4 is 5.73 Å². The molecule has 2 rings (SSSR count). The van der Waals surface area contributed by atoms with Gasteiger partial charge < -0.3 is 5.73 Å². The lowest BCUT2D eigenvalue weighted by Gasteiger charge is -2.12. The van der Waals surface area contributed by atoms with Crippen LogP contribution in [0.4, 0.5) is 8.78 Å². The summed E-state index contributed by atoms with van der Waals surface area (Å²) in [5, 5.41) is 2.23. The summed E-state index contributed by atoms with van der Waals surface area (Å²) in [7, 11) is 0. The van der Waals surface area contributed by atoms with Gasteiger partial charge in [0.1, 0.15) is 0 Å². The number of nitrogens with two attached hydrogens (primary N) is 1. The molecule has 1 unspecified atom stereocenters. The Hall–Kier alpha value is -0.970. The molecule has 0 spiro atoms. The lowest BCUT2D eigenvalue weighted by molar-refractivity contribution is 0.495. The van der Waals surface area contributed by atoms with Crippen molar-refractivity contribution in [2.45, 2.75) is 6.04 Å². The van der Waals surface area contributed by atoms with E-state index in [4.69, 9.17) is 17.3 Å². The SMILES string of the molecule is NC(c1cccc(F)c1F)c1sccc1Cl. The van der Waals surface area contributed by atoms with Gasteiger partial charge in [0.25, 0.3) is 0 Å². The van der Waals surface area contributed by atoms with Crippen LogP contribution in [0.1, 0.15) is 16.5 Å². The highest BCUT2D eigenvalue weighted by Gasteiger charge is 2.19. The van der Waals surface area contributed by atoms with Gasteiger partial charge in [0.2, 0.25) is 0 Å². The molecular weight excluding hydrogens is 252 g/mol. The summed E-state index contributed by atoms with van der Waals surface area (Å²) in [5.74, 6) is -1.82. The van der Waals surface area contributed by atoms with Crippen LogP contribution in [0, 0.1) is 11.6 Å². The summed E-state index contributed by atoms with van der Waals surface area (Å²) in [5.41, 5.74) is 5.97. The summed E-state index contributed by atoms with van der Waals surface area (Å²) >= 11 is 7.21. The molecule has 0 saturated heterocycles. The Labute approximate surface area is 100 Å². The molecule has 16 heavy (non-hydrogen) atoms. The predicted octanol–water partition coefficient (Wildman–Crippen LogP) is 3.73. The molecule has 1 atom stereocenters. The van der Waals surface area contributed by atoms with E-state index in [1.807, 2.05) is 0 Å². The standard InChI is InChI=1S/C11H8ClF2NS/c12-7-4-5-16-11(7)10(15)6-2-1-3-8(13)9(6)14/h1-5,10H,15H2. The molecule has 1 aromatic heterocycles. The minimum Gasteiger partial charge on any atom is -0.319 e. The van der Waals surface area contributed by atoms with Crippen LogP contribution in [0.2, 0.25) is 5.02 Å². The summed E-state index contributed by atoms with van der Waals surface area (Å²) in [6, 6.07) is 4.89. The van der Waals surface area contributed by atoms with Crippen LogP contribution in [0.15, 0.2) is 29.6 Å². The van der Waals surface area contributed by atoms with Crippen molar-refractivity contribution < 1.29 is 8.78 Å². The van der Waals surface area contributed by atoms with E-state index >= 15 is 0 Å². The van der Waals surface area contributed by atoms with Crippen molar-refractivity contribution in [2.75, 3.05) is 0 Å². The zero-order valence-electron chi connectivity index (χ0n) is 8.08. The molecule has 0 fully saturated rings. The van der Waals surface area contributed by atoms with Crippen molar-refractivity contribution >= 4 is 22.9 Å². The second-order valence-electron chi connectivity index (χ2n) is 3.25. The van der Waals surface area contributed by atoms with Gasteiger partial charge in [0.05, 0.1) is 11.1 Å². The number of thiophene rings is 1. The van der Waals surface area contributed by atoms with Gasteiger partial charge in [0, 0.05) is 10.4 Å². The van der Waals surface area contributed by atoms with E-state index in [-0.39, 0.29) is 5.56 Å². The lowest BCUT2D eigenvalue weighted by Crippen LogP contribution is -2.13. The molecule has 1 aromatic carbocycles. The third-order valence-corrected chi connectivity index (χ3v) is 3.69. The highest BCUT2D eigenvalue weighted by Crippen LogP contribution is 2.32. The second-order valence-corrected chi connectivity index (χ2v) is 4.61. The third-order valence-electron chi connectivity index (χ3n) is 2.24. The van der Waals surface area contributed by atoms with E-state index in [0.717, 1.165) is 6.07 Å². The maximum atomic E-state index is 13.5. The third kappa shape index (κ3) is 1.96. The Kier molecular flexibility index (Phi) is 3.23. The molecule has 0 aliphatic rings. The van der Waals surface area contributed by atoms with E-state index in [9.17, 15) is 8.78 Å². The summed E-state index contributed by atoms with van der Waals surface area (Å²) in [6.45, 7) is 0. The molecule has 1 nitrogen and oxygen atoms in total. The molecule has 2 aromatic rings. The van der Waals surface area contributed by atoms with Gasteiger partial charge >= 0.3 is 0 Å². The first-order valence-corrected chi connectivity index (χ1v) is 5.79. The van der Waals surface area contributed by atoms with E-state index in [2.05, 4.69) is 0 Å². The van der Waals surface area contributed by atoms with Crippen molar-refractivity contribution in [2.24, 2.45) is 5.73 Å². The maximum Gasteiger partial charge on any atom is 0.163 e. The van der Waals surface area contributed by atoms with E-state index in [1.165, 1.54) is 23.5 Å². The van der Waals surface area contributed by atoms with Crippen molar-refractivity contribution in [3.63, 3.8) is 0 Å². The average molecular weight is 260 g/mol. The number of benzene rings is 1. The Morgan fingerprint density at radius 2 is 2.00 bits per heavy atom. The van der Waals surface area contributed by atoms with Crippen molar-refractivity contribution in [1.82, 2.24) is 0 Å². The first-order valence-electron chi connectivity index (χ1n) is 4.53. The number of hydrogen-bond acceptors (Lipinski definition) is 2. The second kappa shape index (κ2) is 4.49. The molecule has 0 aliphatic carbocycles. The first-order chi connectivity index (χ1) is 7.61. The van der Waals surface area contributed by atoms with Crippen LogP contribution >= 0.6 is 22.9 Å². The predicted molar refractivity (Wildman–Crippen MR) is 61.7 cm³/mol. The lowest BCUT2D eigenvalue weighted by atomic mass is 10.1. The average Bonchev–Trinajstić information content (AvgIpc) is 2.68. The van der Waals surface area contributed by atoms with Gasteiger partial charge in [-0.2, -0.15) is 0 Å². The fraction of sp³-hybridized carbons (Fsp3) is 0.0909. The fourth-order valence-corrected chi connectivity index (χ4v) is 2.62. The van der Waals surface area contributed by atoms with Crippen LogP contribution in [0.25, 0.3) is 0 Å². The van der Waals surface area contributed by atoms with Crippen molar-refractivity contribution in [1.29, 1.82) is 0 Å². The maximum absolute atomic E-state index is 13.5. The minimum atomic E-state index is -0.917. The molecule has 0 aliphatic heterocycles. The molecule has 2 N–H and O–H groups in total. The highest BCUT2D eigenvalue weighted by molar-refractivity contribution is 7.10.